The van der Waals surface area contributed by atoms with Crippen LogP contribution in [-0.2, 0) is 10.0 Å². The van der Waals surface area contributed by atoms with Gasteiger partial charge in [-0.05, 0) is 43.7 Å². The second kappa shape index (κ2) is 5.96. The van der Waals surface area contributed by atoms with E-state index in [-0.39, 0.29) is 10.8 Å². The van der Waals surface area contributed by atoms with Crippen LogP contribution in [0.2, 0.25) is 0 Å². The van der Waals surface area contributed by atoms with E-state index in [1.165, 1.54) is 24.6 Å². The van der Waals surface area contributed by atoms with Gasteiger partial charge in [0.25, 0.3) is 0 Å². The first-order chi connectivity index (χ1) is 10.9. The van der Waals surface area contributed by atoms with Crippen LogP contribution < -0.4 is 9.47 Å². The van der Waals surface area contributed by atoms with Gasteiger partial charge in [-0.25, -0.2) is 8.42 Å². The highest BCUT2D eigenvalue weighted by Crippen LogP contribution is 2.47. The van der Waals surface area contributed by atoms with Gasteiger partial charge in [-0.3, -0.25) is 0 Å². The number of aliphatic hydroxyl groups is 1. The molecule has 7 heteroatoms. The highest BCUT2D eigenvalue weighted by Gasteiger charge is 2.49. The molecule has 6 nitrogen and oxygen atoms in total. The molecule has 3 rings (SSSR count). The van der Waals surface area contributed by atoms with Crippen LogP contribution in [-0.4, -0.2) is 50.7 Å². The van der Waals surface area contributed by atoms with Crippen molar-refractivity contribution in [3.05, 3.63) is 18.2 Å². The maximum absolute atomic E-state index is 12.9. The molecule has 1 aliphatic heterocycles. The zero-order chi connectivity index (χ0) is 16.7. The lowest BCUT2D eigenvalue weighted by atomic mass is 9.90. The molecule has 2 fully saturated rings. The number of methoxy groups -OCH3 is 2. The molecule has 0 bridgehead atoms. The first-order valence-electron chi connectivity index (χ1n) is 7.85. The topological polar surface area (TPSA) is 76.1 Å². The molecule has 1 saturated carbocycles. The SMILES string of the molecule is COc1ccc(OC)c(S(=O)(=O)N2CCC(C3(O)CC3)CC2)c1. The molecule has 0 spiro atoms. The van der Waals surface area contributed by atoms with Gasteiger partial charge in [-0.2, -0.15) is 4.31 Å². The summed E-state index contributed by atoms with van der Waals surface area (Å²) in [5, 5.41) is 10.2. The number of piperidine rings is 1. The number of nitrogens with zero attached hydrogens (tertiary/aromatic N) is 1. The van der Waals surface area contributed by atoms with E-state index >= 15 is 0 Å². The second-order valence-electron chi connectivity index (χ2n) is 6.30. The van der Waals surface area contributed by atoms with E-state index in [2.05, 4.69) is 0 Å². The lowest BCUT2D eigenvalue weighted by molar-refractivity contribution is 0.0534. The molecule has 1 aromatic carbocycles. The summed E-state index contributed by atoms with van der Waals surface area (Å²) >= 11 is 0. The van der Waals surface area contributed by atoms with Gasteiger partial charge in [0.15, 0.2) is 0 Å². The summed E-state index contributed by atoms with van der Waals surface area (Å²) in [6.07, 6.45) is 3.08. The molecule has 0 amide bonds. The smallest absolute Gasteiger partial charge is 0.246 e. The minimum absolute atomic E-state index is 0.128. The van der Waals surface area contributed by atoms with E-state index in [0.717, 1.165) is 12.8 Å². The lowest BCUT2D eigenvalue weighted by Gasteiger charge is -2.33. The summed E-state index contributed by atoms with van der Waals surface area (Å²) in [6.45, 7) is 0.853. The Bertz CT molecular complexity index is 676. The normalized spacial score (nSPS) is 21.9. The predicted molar refractivity (Wildman–Crippen MR) is 85.2 cm³/mol. The van der Waals surface area contributed by atoms with Crippen molar-refractivity contribution in [2.75, 3.05) is 27.3 Å². The van der Waals surface area contributed by atoms with Gasteiger partial charge in [0.05, 0.1) is 19.8 Å². The summed E-state index contributed by atoms with van der Waals surface area (Å²) in [5.41, 5.74) is -0.538. The van der Waals surface area contributed by atoms with Crippen molar-refractivity contribution in [2.24, 2.45) is 5.92 Å². The van der Waals surface area contributed by atoms with Crippen LogP contribution in [0.15, 0.2) is 23.1 Å². The number of hydrogen-bond acceptors (Lipinski definition) is 5. The molecule has 0 atom stereocenters. The van der Waals surface area contributed by atoms with Crippen molar-refractivity contribution < 1.29 is 23.0 Å². The van der Waals surface area contributed by atoms with Crippen molar-refractivity contribution in [1.82, 2.24) is 4.31 Å². The monoisotopic (exact) mass is 341 g/mol. The van der Waals surface area contributed by atoms with E-state index in [4.69, 9.17) is 9.47 Å². The molecule has 1 aliphatic carbocycles. The van der Waals surface area contributed by atoms with Crippen LogP contribution in [0.1, 0.15) is 25.7 Å². The first kappa shape index (κ1) is 16.5. The third-order valence-electron chi connectivity index (χ3n) is 4.96. The average Bonchev–Trinajstić information content (AvgIpc) is 3.33. The summed E-state index contributed by atoms with van der Waals surface area (Å²) in [6, 6.07) is 4.77. The Hall–Kier alpha value is -1.31. The van der Waals surface area contributed by atoms with Crippen LogP contribution >= 0.6 is 0 Å². The van der Waals surface area contributed by atoms with Gasteiger partial charge < -0.3 is 14.6 Å². The van der Waals surface area contributed by atoms with Gasteiger partial charge in [-0.15, -0.1) is 0 Å². The standard InChI is InChI=1S/C16H23NO5S/c1-21-13-3-4-14(22-2)15(11-13)23(19,20)17-9-5-12(6-10-17)16(18)7-8-16/h3-4,11-12,18H,5-10H2,1-2H3. The molecule has 2 aliphatic rings. The van der Waals surface area contributed by atoms with E-state index in [1.807, 2.05) is 0 Å². The Balaban J connectivity index is 1.82. The second-order valence-corrected chi connectivity index (χ2v) is 8.21. The summed E-state index contributed by atoms with van der Waals surface area (Å²) < 4.78 is 37.7. The Morgan fingerprint density at radius 1 is 1.17 bits per heavy atom. The van der Waals surface area contributed by atoms with E-state index in [9.17, 15) is 13.5 Å². The molecule has 1 heterocycles. The van der Waals surface area contributed by atoms with Crippen LogP contribution in [0.5, 0.6) is 11.5 Å². The predicted octanol–water partition coefficient (Wildman–Crippen LogP) is 1.63. The molecular weight excluding hydrogens is 318 g/mol. The molecule has 0 aromatic heterocycles. The molecule has 1 saturated heterocycles. The minimum atomic E-state index is -3.64. The highest BCUT2D eigenvalue weighted by molar-refractivity contribution is 7.89. The van der Waals surface area contributed by atoms with E-state index < -0.39 is 15.6 Å². The Kier molecular flexibility index (Phi) is 4.29. The molecule has 0 radical (unpaired) electrons. The zero-order valence-electron chi connectivity index (χ0n) is 13.5. The van der Waals surface area contributed by atoms with Crippen molar-refractivity contribution in [3.63, 3.8) is 0 Å². The third-order valence-corrected chi connectivity index (χ3v) is 6.88. The van der Waals surface area contributed by atoms with Crippen molar-refractivity contribution in [1.29, 1.82) is 0 Å². The molecule has 128 valence electrons. The zero-order valence-corrected chi connectivity index (χ0v) is 14.3. The fourth-order valence-corrected chi connectivity index (χ4v) is 4.93. The van der Waals surface area contributed by atoms with Crippen LogP contribution in [0, 0.1) is 5.92 Å². The maximum atomic E-state index is 12.9. The summed E-state index contributed by atoms with van der Waals surface area (Å²) in [7, 11) is -0.685. The number of rotatable bonds is 5. The fourth-order valence-electron chi connectivity index (χ4n) is 3.29. The first-order valence-corrected chi connectivity index (χ1v) is 9.29. The van der Waals surface area contributed by atoms with Crippen molar-refractivity contribution >= 4 is 10.0 Å². The van der Waals surface area contributed by atoms with Crippen LogP contribution in [0.25, 0.3) is 0 Å². The number of sulfonamides is 1. The molecule has 1 aromatic rings. The average molecular weight is 341 g/mol. The largest absolute Gasteiger partial charge is 0.497 e. The molecule has 0 unspecified atom stereocenters. The van der Waals surface area contributed by atoms with Gasteiger partial charge in [0.1, 0.15) is 16.4 Å². The van der Waals surface area contributed by atoms with Crippen molar-refractivity contribution in [3.8, 4) is 11.5 Å². The van der Waals surface area contributed by atoms with E-state index in [0.29, 0.717) is 37.4 Å². The number of benzene rings is 1. The Morgan fingerprint density at radius 2 is 1.83 bits per heavy atom. The van der Waals surface area contributed by atoms with Crippen molar-refractivity contribution in [2.45, 2.75) is 36.2 Å². The van der Waals surface area contributed by atoms with Crippen LogP contribution in [0.3, 0.4) is 0 Å². The highest BCUT2D eigenvalue weighted by atomic mass is 32.2. The van der Waals surface area contributed by atoms with E-state index in [1.54, 1.807) is 12.1 Å². The van der Waals surface area contributed by atoms with Gasteiger partial charge in [0, 0.05) is 19.2 Å². The maximum Gasteiger partial charge on any atom is 0.246 e. The van der Waals surface area contributed by atoms with Gasteiger partial charge in [-0.1, -0.05) is 0 Å². The summed E-state index contributed by atoms with van der Waals surface area (Å²) in [4.78, 5) is 0.128. The number of hydrogen-bond donors (Lipinski definition) is 1. The molecule has 23 heavy (non-hydrogen) atoms. The lowest BCUT2D eigenvalue weighted by Crippen LogP contribution is -2.41. The molecular formula is C16H23NO5S. The molecule has 1 N–H and O–H groups in total. The van der Waals surface area contributed by atoms with Gasteiger partial charge in [0.2, 0.25) is 10.0 Å². The van der Waals surface area contributed by atoms with Crippen LogP contribution in [0.4, 0.5) is 0 Å². The minimum Gasteiger partial charge on any atom is -0.497 e. The third kappa shape index (κ3) is 3.05. The Labute approximate surface area is 137 Å². The Morgan fingerprint density at radius 3 is 2.35 bits per heavy atom. The number of ether oxygens (including phenoxy) is 2. The van der Waals surface area contributed by atoms with Gasteiger partial charge >= 0.3 is 0 Å². The quantitative estimate of drug-likeness (QED) is 0.881. The summed E-state index contributed by atoms with van der Waals surface area (Å²) in [5.74, 6) is 1.00. The fraction of sp³-hybridized carbons (Fsp3) is 0.625.